The number of halogens is 1. The molecule has 86 valence electrons. The first-order valence-corrected chi connectivity index (χ1v) is 5.40. The van der Waals surface area contributed by atoms with E-state index in [1.807, 2.05) is 0 Å². The molecule has 1 aliphatic heterocycles. The van der Waals surface area contributed by atoms with Gasteiger partial charge in [-0.1, -0.05) is 11.6 Å². The molecule has 16 heavy (non-hydrogen) atoms. The summed E-state index contributed by atoms with van der Waals surface area (Å²) in [5, 5.41) is 6.06. The number of aromatic nitrogens is 1. The first-order valence-electron chi connectivity index (χ1n) is 5.02. The first-order chi connectivity index (χ1) is 7.79. The molecular weight excluding hydrogens is 230 g/mol. The third-order valence-corrected chi connectivity index (χ3v) is 2.60. The summed E-state index contributed by atoms with van der Waals surface area (Å²) >= 11 is 5.98. The number of hydrogen-bond donors (Lipinski definition) is 2. The molecule has 1 amide bonds. The standard InChI is InChI=1S/C10H12ClN3O2/c11-9-3-7(14-6-15)4-13-10(9)16-8-1-2-12-5-8/h3-4,6,8,12H,1-2,5H2,(H,14,15). The lowest BCUT2D eigenvalue weighted by atomic mass is 10.3. The molecule has 1 atom stereocenters. The Hall–Kier alpha value is -1.33. The number of amides is 1. The SMILES string of the molecule is O=CNc1cnc(OC2CCNC2)c(Cl)c1. The predicted molar refractivity (Wildman–Crippen MR) is 60.8 cm³/mol. The normalized spacial score (nSPS) is 19.4. The van der Waals surface area contributed by atoms with Gasteiger partial charge < -0.3 is 15.4 Å². The molecule has 1 unspecified atom stereocenters. The molecule has 0 aliphatic carbocycles. The fraction of sp³-hybridized carbons (Fsp3) is 0.400. The van der Waals surface area contributed by atoms with Crippen molar-refractivity contribution in [1.29, 1.82) is 0 Å². The number of nitrogens with zero attached hydrogens (tertiary/aromatic N) is 1. The molecule has 0 spiro atoms. The van der Waals surface area contributed by atoms with Crippen molar-refractivity contribution in [2.75, 3.05) is 18.4 Å². The Morgan fingerprint density at radius 1 is 1.69 bits per heavy atom. The highest BCUT2D eigenvalue weighted by atomic mass is 35.5. The fourth-order valence-corrected chi connectivity index (χ4v) is 1.76. The monoisotopic (exact) mass is 241 g/mol. The van der Waals surface area contributed by atoms with Gasteiger partial charge in [0, 0.05) is 6.54 Å². The van der Waals surface area contributed by atoms with Crippen LogP contribution in [0, 0.1) is 0 Å². The van der Waals surface area contributed by atoms with Crippen molar-refractivity contribution in [1.82, 2.24) is 10.3 Å². The van der Waals surface area contributed by atoms with Gasteiger partial charge in [0.1, 0.15) is 11.1 Å². The summed E-state index contributed by atoms with van der Waals surface area (Å²) in [6, 6.07) is 1.61. The zero-order valence-electron chi connectivity index (χ0n) is 8.57. The molecule has 0 bridgehead atoms. The molecule has 1 aromatic heterocycles. The van der Waals surface area contributed by atoms with E-state index in [1.54, 1.807) is 6.07 Å². The minimum absolute atomic E-state index is 0.120. The van der Waals surface area contributed by atoms with Crippen molar-refractivity contribution in [2.24, 2.45) is 0 Å². The quantitative estimate of drug-likeness (QED) is 0.774. The van der Waals surface area contributed by atoms with Gasteiger partial charge in [-0.25, -0.2) is 4.98 Å². The third-order valence-electron chi connectivity index (χ3n) is 2.33. The van der Waals surface area contributed by atoms with Gasteiger partial charge in [-0.2, -0.15) is 0 Å². The molecule has 2 heterocycles. The summed E-state index contributed by atoms with van der Waals surface area (Å²) < 4.78 is 5.62. The third kappa shape index (κ3) is 2.62. The van der Waals surface area contributed by atoms with Crippen LogP contribution in [0.15, 0.2) is 12.3 Å². The smallest absolute Gasteiger partial charge is 0.233 e. The number of nitrogens with one attached hydrogen (secondary N) is 2. The fourth-order valence-electron chi connectivity index (χ4n) is 1.55. The molecule has 1 fully saturated rings. The predicted octanol–water partition coefficient (Wildman–Crippen LogP) is 1.04. The van der Waals surface area contributed by atoms with E-state index in [2.05, 4.69) is 15.6 Å². The van der Waals surface area contributed by atoms with Crippen LogP contribution in [0.25, 0.3) is 0 Å². The zero-order valence-corrected chi connectivity index (χ0v) is 9.33. The molecule has 2 rings (SSSR count). The second-order valence-corrected chi connectivity index (χ2v) is 3.91. The highest BCUT2D eigenvalue weighted by molar-refractivity contribution is 6.32. The molecule has 1 aromatic rings. The number of carbonyl (C=O) groups excluding carboxylic acids is 1. The summed E-state index contributed by atoms with van der Waals surface area (Å²) in [4.78, 5) is 14.3. The van der Waals surface area contributed by atoms with Crippen LogP contribution in [0.4, 0.5) is 5.69 Å². The number of rotatable bonds is 4. The van der Waals surface area contributed by atoms with Crippen molar-refractivity contribution in [2.45, 2.75) is 12.5 Å². The topological polar surface area (TPSA) is 63.2 Å². The summed E-state index contributed by atoms with van der Waals surface area (Å²) in [5.41, 5.74) is 0.553. The van der Waals surface area contributed by atoms with Crippen molar-refractivity contribution >= 4 is 23.7 Å². The molecule has 1 aliphatic rings. The number of anilines is 1. The van der Waals surface area contributed by atoms with Crippen molar-refractivity contribution < 1.29 is 9.53 Å². The van der Waals surface area contributed by atoms with Crippen LogP contribution in [0.3, 0.4) is 0 Å². The van der Waals surface area contributed by atoms with Crippen LogP contribution >= 0.6 is 11.6 Å². The van der Waals surface area contributed by atoms with E-state index in [4.69, 9.17) is 16.3 Å². The van der Waals surface area contributed by atoms with Crippen LogP contribution in [-0.4, -0.2) is 30.6 Å². The van der Waals surface area contributed by atoms with Gasteiger partial charge in [-0.3, -0.25) is 4.79 Å². The minimum Gasteiger partial charge on any atom is -0.472 e. The summed E-state index contributed by atoms with van der Waals surface area (Å²) in [5.74, 6) is 0.409. The summed E-state index contributed by atoms with van der Waals surface area (Å²) in [7, 11) is 0. The number of carbonyl (C=O) groups is 1. The average molecular weight is 242 g/mol. The van der Waals surface area contributed by atoms with Crippen LogP contribution in [0.5, 0.6) is 5.88 Å². The Bertz CT molecular complexity index is 380. The maximum Gasteiger partial charge on any atom is 0.233 e. The molecular formula is C10H12ClN3O2. The maximum absolute atomic E-state index is 10.2. The lowest BCUT2D eigenvalue weighted by molar-refractivity contribution is -0.105. The van der Waals surface area contributed by atoms with E-state index in [9.17, 15) is 4.79 Å². The Morgan fingerprint density at radius 2 is 2.56 bits per heavy atom. The van der Waals surface area contributed by atoms with E-state index in [0.29, 0.717) is 23.0 Å². The first kappa shape index (κ1) is 11.2. The highest BCUT2D eigenvalue weighted by Gasteiger charge is 2.17. The molecule has 1 saturated heterocycles. The van der Waals surface area contributed by atoms with E-state index < -0.39 is 0 Å². The Kier molecular flexibility index (Phi) is 3.58. The number of hydrogen-bond acceptors (Lipinski definition) is 4. The summed E-state index contributed by atoms with van der Waals surface area (Å²) in [6.45, 7) is 1.76. The van der Waals surface area contributed by atoms with Gasteiger partial charge in [-0.15, -0.1) is 0 Å². The maximum atomic E-state index is 10.2. The number of ether oxygens (including phenoxy) is 1. The van der Waals surface area contributed by atoms with Gasteiger partial charge in [0.05, 0.1) is 11.9 Å². The molecule has 0 saturated carbocycles. The van der Waals surface area contributed by atoms with Crippen molar-refractivity contribution in [3.05, 3.63) is 17.3 Å². The molecule has 0 aromatic carbocycles. The largest absolute Gasteiger partial charge is 0.472 e. The highest BCUT2D eigenvalue weighted by Crippen LogP contribution is 2.26. The van der Waals surface area contributed by atoms with E-state index in [-0.39, 0.29) is 6.10 Å². The molecule has 5 nitrogen and oxygen atoms in total. The Morgan fingerprint density at radius 3 is 3.19 bits per heavy atom. The van der Waals surface area contributed by atoms with Gasteiger partial charge in [-0.05, 0) is 19.0 Å². The van der Waals surface area contributed by atoms with Crippen LogP contribution in [0.1, 0.15) is 6.42 Å². The van der Waals surface area contributed by atoms with Gasteiger partial charge in [0.2, 0.25) is 12.3 Å². The van der Waals surface area contributed by atoms with E-state index in [1.165, 1.54) is 6.20 Å². The van der Waals surface area contributed by atoms with Crippen LogP contribution in [0.2, 0.25) is 5.02 Å². The van der Waals surface area contributed by atoms with Crippen LogP contribution < -0.4 is 15.4 Å². The van der Waals surface area contributed by atoms with Crippen LogP contribution in [-0.2, 0) is 4.79 Å². The molecule has 2 N–H and O–H groups in total. The molecule has 6 heteroatoms. The van der Waals surface area contributed by atoms with Crippen molar-refractivity contribution in [3.63, 3.8) is 0 Å². The molecule has 0 radical (unpaired) electrons. The van der Waals surface area contributed by atoms with Crippen molar-refractivity contribution in [3.8, 4) is 5.88 Å². The lowest BCUT2D eigenvalue weighted by Gasteiger charge is -2.12. The summed E-state index contributed by atoms with van der Waals surface area (Å²) in [6.07, 6.45) is 3.16. The second-order valence-electron chi connectivity index (χ2n) is 3.51. The number of pyridine rings is 1. The zero-order chi connectivity index (χ0) is 11.4. The van der Waals surface area contributed by atoms with Gasteiger partial charge in [0.25, 0.3) is 0 Å². The van der Waals surface area contributed by atoms with E-state index in [0.717, 1.165) is 19.5 Å². The lowest BCUT2D eigenvalue weighted by Crippen LogP contribution is -2.20. The Balaban J connectivity index is 2.06. The minimum atomic E-state index is 0.120. The van der Waals surface area contributed by atoms with E-state index >= 15 is 0 Å². The van der Waals surface area contributed by atoms with Gasteiger partial charge in [0.15, 0.2) is 0 Å². The Labute approximate surface area is 98.1 Å². The van der Waals surface area contributed by atoms with Gasteiger partial charge >= 0.3 is 0 Å². The average Bonchev–Trinajstić information content (AvgIpc) is 2.75. The second kappa shape index (κ2) is 5.14.